The molecule has 0 aliphatic heterocycles. The van der Waals surface area contributed by atoms with Gasteiger partial charge in [0.2, 0.25) is 0 Å². The zero-order valence-electron chi connectivity index (χ0n) is 17.7. The Morgan fingerprint density at radius 1 is 1.16 bits per heavy atom. The minimum Gasteiger partial charge on any atom is -0.443 e. The second-order valence-corrected chi connectivity index (χ2v) is 9.31. The molecule has 0 aliphatic carbocycles. The summed E-state index contributed by atoms with van der Waals surface area (Å²) in [5.41, 5.74) is 0.416. The Morgan fingerprint density at radius 2 is 1.88 bits per heavy atom. The molecule has 0 bridgehead atoms. The van der Waals surface area contributed by atoms with E-state index in [0.717, 1.165) is 33.9 Å². The fourth-order valence-corrected chi connectivity index (χ4v) is 3.77. The van der Waals surface area contributed by atoms with E-state index in [1.807, 2.05) is 21.1 Å². The van der Waals surface area contributed by atoms with Gasteiger partial charge in [0.1, 0.15) is 13.2 Å². The van der Waals surface area contributed by atoms with Crippen molar-refractivity contribution in [1.29, 1.82) is 0 Å². The van der Waals surface area contributed by atoms with Crippen molar-refractivity contribution in [2.24, 2.45) is 0 Å². The summed E-state index contributed by atoms with van der Waals surface area (Å²) in [6.07, 6.45) is -5.35. The van der Waals surface area contributed by atoms with Crippen LogP contribution in [0.4, 0.5) is 28.8 Å². The highest BCUT2D eigenvalue weighted by Gasteiger charge is 2.32. The molecule has 0 unspecified atom stereocenters. The molecular weight excluding hydrogens is 463 g/mol. The van der Waals surface area contributed by atoms with Crippen LogP contribution in [-0.4, -0.2) is 49.9 Å². The summed E-state index contributed by atoms with van der Waals surface area (Å²) in [6, 6.07) is 11.5. The summed E-state index contributed by atoms with van der Waals surface area (Å²) in [5.74, 6) is 0. The number of amides is 1. The van der Waals surface area contributed by atoms with Crippen molar-refractivity contribution < 1.29 is 27.2 Å². The van der Waals surface area contributed by atoms with E-state index < -0.39 is 17.8 Å². The second kappa shape index (κ2) is 9.48. The quantitative estimate of drug-likeness (QED) is 0.377. The molecule has 0 saturated carbocycles. The fourth-order valence-electron chi connectivity index (χ4n) is 2.73. The van der Waals surface area contributed by atoms with Crippen molar-refractivity contribution >= 4 is 39.8 Å². The number of alkyl halides is 3. The molecule has 3 aromatic rings. The molecule has 10 heteroatoms. The number of hydrogen-bond donors (Lipinski definition) is 0. The van der Waals surface area contributed by atoms with Crippen LogP contribution in [0.1, 0.15) is 5.56 Å². The van der Waals surface area contributed by atoms with Crippen molar-refractivity contribution in [3.05, 3.63) is 64.5 Å². The summed E-state index contributed by atoms with van der Waals surface area (Å²) in [5, 5.41) is 2.42. The van der Waals surface area contributed by atoms with Crippen molar-refractivity contribution in [3.63, 3.8) is 0 Å². The molecule has 3 rings (SSSR count). The third-order valence-electron chi connectivity index (χ3n) is 4.41. The van der Waals surface area contributed by atoms with E-state index >= 15 is 0 Å². The van der Waals surface area contributed by atoms with Gasteiger partial charge in [-0.15, -0.1) is 11.3 Å². The minimum absolute atomic E-state index is 0.0158. The first-order valence-electron chi connectivity index (χ1n) is 9.60. The molecule has 170 valence electrons. The van der Waals surface area contributed by atoms with E-state index in [1.165, 1.54) is 12.1 Å². The summed E-state index contributed by atoms with van der Waals surface area (Å²) >= 11 is 7.17. The Balaban J connectivity index is 1.97. The van der Waals surface area contributed by atoms with Gasteiger partial charge in [0.15, 0.2) is 5.13 Å². The molecule has 1 aromatic heterocycles. The maximum absolute atomic E-state index is 13.3. The van der Waals surface area contributed by atoms with E-state index in [4.69, 9.17) is 16.3 Å². The van der Waals surface area contributed by atoms with Crippen molar-refractivity contribution in [3.8, 4) is 11.3 Å². The van der Waals surface area contributed by atoms with Gasteiger partial charge in [0.05, 0.1) is 38.1 Å². The number of aromatic nitrogens is 1. The van der Waals surface area contributed by atoms with E-state index in [9.17, 15) is 18.0 Å². The summed E-state index contributed by atoms with van der Waals surface area (Å²) in [7, 11) is 5.82. The zero-order chi connectivity index (χ0) is 23.5. The van der Waals surface area contributed by atoms with E-state index in [-0.39, 0.29) is 17.4 Å². The maximum atomic E-state index is 13.3. The molecule has 0 atom stereocenters. The second-order valence-electron chi connectivity index (χ2n) is 8.04. The normalized spacial score (nSPS) is 12.0. The van der Waals surface area contributed by atoms with Crippen molar-refractivity contribution in [2.45, 2.75) is 6.18 Å². The highest BCUT2D eigenvalue weighted by atomic mass is 35.5. The number of anilines is 2. The first kappa shape index (κ1) is 24.0. The van der Waals surface area contributed by atoms with Gasteiger partial charge in [0, 0.05) is 16.0 Å². The number of rotatable bonds is 6. The van der Waals surface area contributed by atoms with E-state index in [0.29, 0.717) is 21.7 Å². The van der Waals surface area contributed by atoms with Gasteiger partial charge in [0.25, 0.3) is 0 Å². The maximum Gasteiger partial charge on any atom is 0.421 e. The third kappa shape index (κ3) is 6.21. The van der Waals surface area contributed by atoms with Crippen LogP contribution in [0, 0.1) is 0 Å². The number of nitrogens with zero attached hydrogens (tertiary/aromatic N) is 3. The first-order valence-corrected chi connectivity index (χ1v) is 10.9. The van der Waals surface area contributed by atoms with Gasteiger partial charge in [-0.2, -0.15) is 13.2 Å². The first-order chi connectivity index (χ1) is 14.9. The molecule has 0 radical (unpaired) electrons. The lowest BCUT2D eigenvalue weighted by Crippen LogP contribution is -2.39. The number of halogens is 4. The number of ether oxygens (including phenoxy) is 1. The van der Waals surface area contributed by atoms with Gasteiger partial charge in [-0.3, -0.25) is 0 Å². The molecule has 1 heterocycles. The summed E-state index contributed by atoms with van der Waals surface area (Å²) in [4.78, 5) is 18.5. The number of likely N-dealkylation sites (N-methyl/N-ethyl adjacent to an activating group) is 1. The molecule has 0 aliphatic rings. The van der Waals surface area contributed by atoms with Gasteiger partial charge in [-0.25, -0.2) is 14.7 Å². The SMILES string of the molecule is C[N+](C)(C)CCOC(=O)N(c1cccc(C(F)(F)F)c1)c1nc(-c2cccc(Cl)c2)cs1. The standard InChI is InChI=1S/C22H22ClF3N3O2S/c1-29(2,3)10-11-31-21(30)28(18-9-5-7-16(13-18)22(24,25)26)20-27-19(14-32-20)15-6-4-8-17(23)12-15/h4-9,12-14H,10-11H2,1-3H3/q+1. The zero-order valence-corrected chi connectivity index (χ0v) is 19.3. The molecule has 2 aromatic carbocycles. The van der Waals surface area contributed by atoms with Crippen LogP contribution in [0.15, 0.2) is 53.9 Å². The van der Waals surface area contributed by atoms with Crippen LogP contribution < -0.4 is 4.90 Å². The Kier molecular flexibility index (Phi) is 7.12. The minimum atomic E-state index is -4.55. The Bertz CT molecular complexity index is 1100. The molecule has 0 N–H and O–H groups in total. The van der Waals surface area contributed by atoms with Crippen LogP contribution >= 0.6 is 22.9 Å². The number of carbonyl (C=O) groups excluding carboxylic acids is 1. The molecule has 32 heavy (non-hydrogen) atoms. The summed E-state index contributed by atoms with van der Waals surface area (Å²) in [6.45, 7) is 0.637. The largest absolute Gasteiger partial charge is 0.443 e. The van der Waals surface area contributed by atoms with Crippen LogP contribution in [-0.2, 0) is 10.9 Å². The Morgan fingerprint density at radius 3 is 2.53 bits per heavy atom. The predicted octanol–water partition coefficient (Wildman–Crippen LogP) is 6.46. The van der Waals surface area contributed by atoms with Crippen LogP contribution in [0.25, 0.3) is 11.3 Å². The number of quaternary nitrogens is 1. The monoisotopic (exact) mass is 484 g/mol. The van der Waals surface area contributed by atoms with Crippen LogP contribution in [0.2, 0.25) is 5.02 Å². The van der Waals surface area contributed by atoms with Crippen LogP contribution in [0.5, 0.6) is 0 Å². The lowest BCUT2D eigenvalue weighted by molar-refractivity contribution is -0.870. The summed E-state index contributed by atoms with van der Waals surface area (Å²) < 4.78 is 45.8. The number of thiazole rings is 1. The highest BCUT2D eigenvalue weighted by Crippen LogP contribution is 2.36. The third-order valence-corrected chi connectivity index (χ3v) is 5.47. The Hall–Kier alpha value is -2.62. The van der Waals surface area contributed by atoms with Gasteiger partial charge in [-0.05, 0) is 30.3 Å². The lowest BCUT2D eigenvalue weighted by atomic mass is 10.2. The highest BCUT2D eigenvalue weighted by molar-refractivity contribution is 7.14. The Labute approximate surface area is 193 Å². The van der Waals surface area contributed by atoms with Crippen molar-refractivity contribution in [2.75, 3.05) is 39.2 Å². The number of benzene rings is 2. The molecule has 0 saturated heterocycles. The lowest BCUT2D eigenvalue weighted by Gasteiger charge is -2.25. The smallest absolute Gasteiger partial charge is 0.421 e. The number of hydrogen-bond acceptors (Lipinski definition) is 4. The van der Waals surface area contributed by atoms with Crippen molar-refractivity contribution in [1.82, 2.24) is 4.98 Å². The van der Waals surface area contributed by atoms with Gasteiger partial charge < -0.3 is 9.22 Å². The topological polar surface area (TPSA) is 42.4 Å². The van der Waals surface area contributed by atoms with Gasteiger partial charge in [-0.1, -0.05) is 29.8 Å². The van der Waals surface area contributed by atoms with Crippen LogP contribution in [0.3, 0.4) is 0 Å². The molecule has 0 spiro atoms. The predicted molar refractivity (Wildman–Crippen MR) is 120 cm³/mol. The fraction of sp³-hybridized carbons (Fsp3) is 0.273. The molecule has 1 amide bonds. The number of carbonyl (C=O) groups is 1. The molecule has 0 fully saturated rings. The van der Waals surface area contributed by atoms with E-state index in [1.54, 1.807) is 29.6 Å². The average molecular weight is 485 g/mol. The molecule has 5 nitrogen and oxygen atoms in total. The van der Waals surface area contributed by atoms with E-state index in [2.05, 4.69) is 4.98 Å². The average Bonchev–Trinajstić information content (AvgIpc) is 3.16. The van der Waals surface area contributed by atoms with Gasteiger partial charge >= 0.3 is 12.3 Å². The molecular formula is C22H22ClF3N3O2S+.